The van der Waals surface area contributed by atoms with E-state index in [9.17, 15) is 14.0 Å². The monoisotopic (exact) mass is 380 g/mol. The van der Waals surface area contributed by atoms with E-state index < -0.39 is 17.8 Å². The number of fused-ring (bicyclic) bond motifs is 1. The highest BCUT2D eigenvalue weighted by atomic mass is 19.1. The van der Waals surface area contributed by atoms with Crippen LogP contribution in [0.5, 0.6) is 5.75 Å². The van der Waals surface area contributed by atoms with Crippen LogP contribution in [0, 0.1) is 5.82 Å². The van der Waals surface area contributed by atoms with Gasteiger partial charge >= 0.3 is 11.9 Å². The first kappa shape index (κ1) is 19.5. The molecule has 0 aliphatic heterocycles. The lowest BCUT2D eigenvalue weighted by Crippen LogP contribution is -2.09. The predicted molar refractivity (Wildman–Crippen MR) is 104 cm³/mol. The van der Waals surface area contributed by atoms with Gasteiger partial charge in [-0.3, -0.25) is 0 Å². The molecule has 0 heterocycles. The van der Waals surface area contributed by atoms with Crippen LogP contribution in [0.25, 0.3) is 11.1 Å². The predicted octanol–water partition coefficient (Wildman–Crippen LogP) is 5.08. The van der Waals surface area contributed by atoms with E-state index in [-0.39, 0.29) is 17.4 Å². The molecule has 0 saturated heterocycles. The van der Waals surface area contributed by atoms with E-state index in [4.69, 9.17) is 9.47 Å². The summed E-state index contributed by atoms with van der Waals surface area (Å²) >= 11 is 0. The number of rotatable bonds is 5. The fourth-order valence-electron chi connectivity index (χ4n) is 3.19. The molecule has 1 aliphatic carbocycles. The summed E-state index contributed by atoms with van der Waals surface area (Å²) in [5.41, 5.74) is 3.55. The SMILES string of the molecule is C=C(C)C(=O)Oc1ccc(-c2cccc3c2CCC3OC(=O)C(=C)C)c(F)c1. The number of esters is 2. The number of carbonyl (C=O) groups is 2. The van der Waals surface area contributed by atoms with Gasteiger partial charge in [0.2, 0.25) is 0 Å². The van der Waals surface area contributed by atoms with Gasteiger partial charge in [-0.25, -0.2) is 14.0 Å². The van der Waals surface area contributed by atoms with Crippen molar-refractivity contribution in [3.63, 3.8) is 0 Å². The summed E-state index contributed by atoms with van der Waals surface area (Å²) in [4.78, 5) is 23.5. The first-order chi connectivity index (χ1) is 13.3. The van der Waals surface area contributed by atoms with Crippen LogP contribution in [0.3, 0.4) is 0 Å². The van der Waals surface area contributed by atoms with Gasteiger partial charge in [-0.1, -0.05) is 31.4 Å². The molecule has 144 valence electrons. The zero-order valence-electron chi connectivity index (χ0n) is 15.9. The number of hydrogen-bond donors (Lipinski definition) is 0. The van der Waals surface area contributed by atoms with Gasteiger partial charge < -0.3 is 9.47 Å². The highest BCUT2D eigenvalue weighted by molar-refractivity contribution is 5.89. The zero-order chi connectivity index (χ0) is 20.4. The van der Waals surface area contributed by atoms with E-state index in [1.807, 2.05) is 18.2 Å². The van der Waals surface area contributed by atoms with Gasteiger partial charge in [-0.2, -0.15) is 0 Å². The molecule has 4 nitrogen and oxygen atoms in total. The second-order valence-corrected chi connectivity index (χ2v) is 6.90. The Morgan fingerprint density at radius 2 is 1.75 bits per heavy atom. The third-order valence-corrected chi connectivity index (χ3v) is 4.60. The summed E-state index contributed by atoms with van der Waals surface area (Å²) in [6, 6.07) is 9.85. The molecule has 1 atom stereocenters. The van der Waals surface area contributed by atoms with Crippen LogP contribution >= 0.6 is 0 Å². The molecule has 0 saturated carbocycles. The van der Waals surface area contributed by atoms with Crippen LogP contribution in [-0.4, -0.2) is 11.9 Å². The Morgan fingerprint density at radius 1 is 1.04 bits per heavy atom. The molecule has 0 bridgehead atoms. The molecule has 1 aliphatic rings. The summed E-state index contributed by atoms with van der Waals surface area (Å²) in [5, 5.41) is 0. The molecule has 2 aromatic rings. The van der Waals surface area contributed by atoms with Crippen LogP contribution < -0.4 is 4.74 Å². The van der Waals surface area contributed by atoms with Crippen molar-refractivity contribution in [2.24, 2.45) is 0 Å². The Bertz CT molecular complexity index is 990. The molecule has 1 unspecified atom stereocenters. The van der Waals surface area contributed by atoms with Crippen molar-refractivity contribution in [2.45, 2.75) is 32.8 Å². The second-order valence-electron chi connectivity index (χ2n) is 6.90. The minimum absolute atomic E-state index is 0.120. The van der Waals surface area contributed by atoms with Gasteiger partial charge in [0.15, 0.2) is 0 Å². The molecule has 0 fully saturated rings. The molecular weight excluding hydrogens is 359 g/mol. The second kappa shape index (κ2) is 7.80. The molecule has 0 amide bonds. The summed E-state index contributed by atoms with van der Waals surface area (Å²) in [7, 11) is 0. The zero-order valence-corrected chi connectivity index (χ0v) is 15.9. The topological polar surface area (TPSA) is 52.6 Å². The summed E-state index contributed by atoms with van der Waals surface area (Å²) < 4.78 is 25.3. The van der Waals surface area contributed by atoms with Gasteiger partial charge in [0.1, 0.15) is 17.7 Å². The smallest absolute Gasteiger partial charge is 0.338 e. The molecule has 0 spiro atoms. The molecule has 3 rings (SSSR count). The Hall–Kier alpha value is -3.21. The van der Waals surface area contributed by atoms with E-state index in [0.717, 1.165) is 16.7 Å². The van der Waals surface area contributed by atoms with Gasteiger partial charge in [-0.15, -0.1) is 0 Å². The van der Waals surface area contributed by atoms with E-state index in [2.05, 4.69) is 13.2 Å². The Balaban J connectivity index is 1.91. The number of ether oxygens (including phenoxy) is 2. The maximum absolute atomic E-state index is 14.8. The van der Waals surface area contributed by atoms with Gasteiger partial charge in [-0.05, 0) is 55.5 Å². The fourth-order valence-corrected chi connectivity index (χ4v) is 3.19. The lowest BCUT2D eigenvalue weighted by Gasteiger charge is -2.15. The van der Waals surface area contributed by atoms with Crippen molar-refractivity contribution in [1.82, 2.24) is 0 Å². The number of hydrogen-bond acceptors (Lipinski definition) is 4. The van der Waals surface area contributed by atoms with Crippen LogP contribution in [0.15, 0.2) is 60.7 Å². The summed E-state index contributed by atoms with van der Waals surface area (Å²) in [5.74, 6) is -1.41. The summed E-state index contributed by atoms with van der Waals surface area (Å²) in [6.07, 6.45) is 0.949. The maximum Gasteiger partial charge on any atom is 0.338 e. The van der Waals surface area contributed by atoms with Crippen LogP contribution in [0.1, 0.15) is 37.5 Å². The van der Waals surface area contributed by atoms with Gasteiger partial charge in [0.05, 0.1) is 0 Å². The lowest BCUT2D eigenvalue weighted by molar-refractivity contribution is -0.144. The van der Waals surface area contributed by atoms with E-state index in [0.29, 0.717) is 24.0 Å². The molecule has 0 N–H and O–H groups in total. The molecule has 0 radical (unpaired) electrons. The Morgan fingerprint density at radius 3 is 2.39 bits per heavy atom. The van der Waals surface area contributed by atoms with Gasteiger partial charge in [0.25, 0.3) is 0 Å². The largest absolute Gasteiger partial charge is 0.454 e. The molecule has 28 heavy (non-hydrogen) atoms. The Kier molecular flexibility index (Phi) is 5.45. The van der Waals surface area contributed by atoms with Crippen molar-refractivity contribution in [3.05, 3.63) is 77.6 Å². The summed E-state index contributed by atoms with van der Waals surface area (Å²) in [6.45, 7) is 10.2. The van der Waals surface area contributed by atoms with Crippen molar-refractivity contribution in [3.8, 4) is 16.9 Å². The van der Waals surface area contributed by atoms with Crippen LogP contribution in [-0.2, 0) is 20.7 Å². The normalized spacial score (nSPS) is 14.9. The molecule has 2 aromatic carbocycles. The van der Waals surface area contributed by atoms with E-state index in [1.165, 1.54) is 13.0 Å². The standard InChI is InChI=1S/C23H21FO4/c1-13(2)22(25)27-15-8-9-18(20(24)12-15)16-6-5-7-19-17(16)10-11-21(19)28-23(26)14(3)4/h5-9,12,21H,1,3,10-11H2,2,4H3. The van der Waals surface area contributed by atoms with E-state index in [1.54, 1.807) is 19.1 Å². The number of halogens is 1. The van der Waals surface area contributed by atoms with Crippen LogP contribution in [0.2, 0.25) is 0 Å². The highest BCUT2D eigenvalue weighted by Gasteiger charge is 2.28. The van der Waals surface area contributed by atoms with E-state index >= 15 is 0 Å². The third-order valence-electron chi connectivity index (χ3n) is 4.60. The molecule has 0 aromatic heterocycles. The maximum atomic E-state index is 14.8. The van der Waals surface area contributed by atoms with Crippen molar-refractivity contribution in [2.75, 3.05) is 0 Å². The van der Waals surface area contributed by atoms with Gasteiger partial charge in [0, 0.05) is 22.8 Å². The minimum atomic E-state index is -0.602. The Labute approximate surface area is 163 Å². The first-order valence-electron chi connectivity index (χ1n) is 8.93. The third kappa shape index (κ3) is 3.88. The average molecular weight is 380 g/mol. The van der Waals surface area contributed by atoms with Crippen molar-refractivity contribution in [1.29, 1.82) is 0 Å². The fraction of sp³-hybridized carbons (Fsp3) is 0.217. The van der Waals surface area contributed by atoms with Crippen LogP contribution in [0.4, 0.5) is 4.39 Å². The average Bonchev–Trinajstić information content (AvgIpc) is 3.05. The number of carbonyl (C=O) groups excluding carboxylic acids is 2. The quantitative estimate of drug-likeness (QED) is 0.412. The molecule has 5 heteroatoms. The lowest BCUT2D eigenvalue weighted by atomic mass is 9.96. The van der Waals surface area contributed by atoms with Crippen molar-refractivity contribution >= 4 is 11.9 Å². The number of benzene rings is 2. The molecular formula is C23H21FO4. The highest BCUT2D eigenvalue weighted by Crippen LogP contribution is 2.41. The van der Waals surface area contributed by atoms with Crippen molar-refractivity contribution < 1.29 is 23.5 Å². The minimum Gasteiger partial charge on any atom is -0.454 e. The first-order valence-corrected chi connectivity index (χ1v) is 8.93.